The van der Waals surface area contributed by atoms with E-state index >= 15 is 0 Å². The molecule has 0 fully saturated rings. The molecule has 1 amide bonds. The average Bonchev–Trinajstić information content (AvgIpc) is 2.48. The Morgan fingerprint density at radius 1 is 1.14 bits per heavy atom. The highest BCUT2D eigenvalue weighted by Gasteiger charge is 2.35. The number of para-hydroxylation sites is 1. The van der Waals surface area contributed by atoms with E-state index in [4.69, 9.17) is 5.53 Å². The first-order valence-corrected chi connectivity index (χ1v) is 6.57. The van der Waals surface area contributed by atoms with Crippen molar-refractivity contribution in [3.05, 3.63) is 76.2 Å². The standard InChI is InChI=1S/C16H16N4O/c1-12-8-6-7-11-14(12)16(2,19-20-17)15(21)18-13-9-4-3-5-10-13/h3-11H,1-2H3,(H,18,21). The van der Waals surface area contributed by atoms with Crippen LogP contribution in [0.4, 0.5) is 5.69 Å². The first-order chi connectivity index (χ1) is 10.1. The molecule has 1 N–H and O–H groups in total. The number of hydrogen-bond donors (Lipinski definition) is 1. The number of nitrogens with zero attached hydrogens (tertiary/aromatic N) is 3. The fraction of sp³-hybridized carbons (Fsp3) is 0.188. The van der Waals surface area contributed by atoms with Crippen LogP contribution in [-0.4, -0.2) is 5.91 Å². The third-order valence-corrected chi connectivity index (χ3v) is 3.39. The summed E-state index contributed by atoms with van der Waals surface area (Å²) in [6, 6.07) is 16.5. The summed E-state index contributed by atoms with van der Waals surface area (Å²) in [7, 11) is 0. The van der Waals surface area contributed by atoms with Gasteiger partial charge in [0, 0.05) is 10.6 Å². The van der Waals surface area contributed by atoms with E-state index in [1.807, 2.05) is 43.3 Å². The van der Waals surface area contributed by atoms with Crippen LogP contribution in [0.15, 0.2) is 59.7 Å². The van der Waals surface area contributed by atoms with Gasteiger partial charge in [0.15, 0.2) is 0 Å². The summed E-state index contributed by atoms with van der Waals surface area (Å²) in [5, 5.41) is 6.54. The molecule has 1 unspecified atom stereocenters. The molecule has 0 saturated heterocycles. The number of benzene rings is 2. The zero-order chi connectivity index (χ0) is 15.3. The zero-order valence-electron chi connectivity index (χ0n) is 11.9. The number of anilines is 1. The number of aryl methyl sites for hydroxylation is 1. The van der Waals surface area contributed by atoms with Crippen molar-refractivity contribution < 1.29 is 4.79 Å². The fourth-order valence-electron chi connectivity index (χ4n) is 2.20. The molecule has 0 aromatic heterocycles. The molecule has 0 saturated carbocycles. The van der Waals surface area contributed by atoms with E-state index in [1.165, 1.54) is 0 Å². The molecule has 106 valence electrons. The molecular weight excluding hydrogens is 264 g/mol. The van der Waals surface area contributed by atoms with Crippen LogP contribution >= 0.6 is 0 Å². The van der Waals surface area contributed by atoms with Crippen LogP contribution in [0.5, 0.6) is 0 Å². The SMILES string of the molecule is Cc1ccccc1C(C)(N=[N+]=[N-])C(=O)Nc1ccccc1. The van der Waals surface area contributed by atoms with Crippen LogP contribution in [0.3, 0.4) is 0 Å². The van der Waals surface area contributed by atoms with Crippen molar-refractivity contribution >= 4 is 11.6 Å². The van der Waals surface area contributed by atoms with Crippen molar-refractivity contribution in [3.8, 4) is 0 Å². The van der Waals surface area contributed by atoms with Gasteiger partial charge in [-0.15, -0.1) is 0 Å². The molecule has 0 spiro atoms. The summed E-state index contributed by atoms with van der Waals surface area (Å²) in [6.45, 7) is 3.50. The van der Waals surface area contributed by atoms with E-state index in [1.54, 1.807) is 25.1 Å². The highest BCUT2D eigenvalue weighted by Crippen LogP contribution is 2.30. The second-order valence-corrected chi connectivity index (χ2v) is 4.90. The molecule has 0 aliphatic rings. The lowest BCUT2D eigenvalue weighted by Gasteiger charge is -2.25. The van der Waals surface area contributed by atoms with E-state index in [-0.39, 0.29) is 5.91 Å². The van der Waals surface area contributed by atoms with E-state index in [0.29, 0.717) is 11.3 Å². The summed E-state index contributed by atoms with van der Waals surface area (Å²) in [5.74, 6) is -0.360. The minimum atomic E-state index is -1.30. The second-order valence-electron chi connectivity index (χ2n) is 4.90. The predicted molar refractivity (Wildman–Crippen MR) is 82.7 cm³/mol. The van der Waals surface area contributed by atoms with E-state index in [0.717, 1.165) is 5.56 Å². The lowest BCUT2D eigenvalue weighted by Crippen LogP contribution is -2.36. The maximum Gasteiger partial charge on any atom is 0.240 e. The summed E-state index contributed by atoms with van der Waals surface area (Å²) in [6.07, 6.45) is 0. The summed E-state index contributed by atoms with van der Waals surface area (Å²) < 4.78 is 0. The largest absolute Gasteiger partial charge is 0.325 e. The second kappa shape index (κ2) is 6.11. The smallest absolute Gasteiger partial charge is 0.240 e. The number of carbonyl (C=O) groups is 1. The van der Waals surface area contributed by atoms with Crippen LogP contribution in [0.25, 0.3) is 10.4 Å². The van der Waals surface area contributed by atoms with Crippen molar-refractivity contribution in [2.24, 2.45) is 5.11 Å². The van der Waals surface area contributed by atoms with Gasteiger partial charge < -0.3 is 5.32 Å². The van der Waals surface area contributed by atoms with Crippen molar-refractivity contribution in [2.75, 3.05) is 5.32 Å². The molecule has 2 aromatic rings. The molecule has 2 rings (SSSR count). The van der Waals surface area contributed by atoms with Crippen LogP contribution in [0, 0.1) is 6.92 Å². The summed E-state index contributed by atoms with van der Waals surface area (Å²) in [5.41, 5.74) is 9.80. The number of hydrogen-bond acceptors (Lipinski definition) is 2. The third-order valence-electron chi connectivity index (χ3n) is 3.39. The molecule has 0 bridgehead atoms. The van der Waals surface area contributed by atoms with Crippen molar-refractivity contribution in [3.63, 3.8) is 0 Å². The van der Waals surface area contributed by atoms with Gasteiger partial charge in [0.2, 0.25) is 5.91 Å². The van der Waals surface area contributed by atoms with Gasteiger partial charge in [-0.2, -0.15) is 0 Å². The molecule has 0 aliphatic carbocycles. The Labute approximate surface area is 123 Å². The van der Waals surface area contributed by atoms with Crippen LogP contribution in [-0.2, 0) is 10.3 Å². The normalized spacial score (nSPS) is 12.9. The fourth-order valence-corrected chi connectivity index (χ4v) is 2.20. The third kappa shape index (κ3) is 3.04. The van der Waals surface area contributed by atoms with Gasteiger partial charge in [0.25, 0.3) is 0 Å². The molecule has 5 heteroatoms. The van der Waals surface area contributed by atoms with E-state index in [2.05, 4.69) is 15.3 Å². The maximum absolute atomic E-state index is 12.6. The number of carbonyl (C=O) groups excluding carboxylic acids is 1. The molecule has 21 heavy (non-hydrogen) atoms. The topological polar surface area (TPSA) is 77.9 Å². The highest BCUT2D eigenvalue weighted by molar-refractivity contribution is 5.98. The molecule has 2 aromatic carbocycles. The first-order valence-electron chi connectivity index (χ1n) is 6.57. The Morgan fingerprint density at radius 3 is 2.38 bits per heavy atom. The number of nitrogens with one attached hydrogen (secondary N) is 1. The molecule has 1 atom stereocenters. The Balaban J connectivity index is 2.41. The Hall–Kier alpha value is -2.78. The molecule has 5 nitrogen and oxygen atoms in total. The zero-order valence-corrected chi connectivity index (χ0v) is 11.9. The van der Waals surface area contributed by atoms with E-state index < -0.39 is 5.54 Å². The summed E-state index contributed by atoms with van der Waals surface area (Å²) >= 11 is 0. The molecule has 0 aliphatic heterocycles. The van der Waals surface area contributed by atoms with Gasteiger partial charge >= 0.3 is 0 Å². The number of azide groups is 1. The molecule has 0 heterocycles. The van der Waals surface area contributed by atoms with Gasteiger partial charge in [-0.05, 0) is 42.6 Å². The van der Waals surface area contributed by atoms with Crippen LogP contribution in [0.1, 0.15) is 18.1 Å². The van der Waals surface area contributed by atoms with E-state index in [9.17, 15) is 4.79 Å². The van der Waals surface area contributed by atoms with Gasteiger partial charge in [-0.1, -0.05) is 47.6 Å². The summed E-state index contributed by atoms with van der Waals surface area (Å²) in [4.78, 5) is 15.5. The van der Waals surface area contributed by atoms with Gasteiger partial charge in [0.05, 0.1) is 0 Å². The number of rotatable bonds is 4. The Morgan fingerprint density at radius 2 is 1.76 bits per heavy atom. The molecule has 0 radical (unpaired) electrons. The Bertz CT molecular complexity index is 692. The van der Waals surface area contributed by atoms with Crippen molar-refractivity contribution in [1.82, 2.24) is 0 Å². The predicted octanol–water partition coefficient (Wildman–Crippen LogP) is 4.16. The van der Waals surface area contributed by atoms with Gasteiger partial charge in [-0.25, -0.2) is 0 Å². The Kier molecular flexibility index (Phi) is 4.26. The van der Waals surface area contributed by atoms with Gasteiger partial charge in [0.1, 0.15) is 5.54 Å². The molecular formula is C16H16N4O. The quantitative estimate of drug-likeness (QED) is 0.509. The lowest BCUT2D eigenvalue weighted by molar-refractivity contribution is -0.120. The van der Waals surface area contributed by atoms with Gasteiger partial charge in [-0.3, -0.25) is 4.79 Å². The number of amides is 1. The highest BCUT2D eigenvalue weighted by atomic mass is 16.2. The monoisotopic (exact) mass is 280 g/mol. The van der Waals surface area contributed by atoms with Crippen LogP contribution < -0.4 is 5.32 Å². The van der Waals surface area contributed by atoms with Crippen molar-refractivity contribution in [1.29, 1.82) is 0 Å². The minimum absolute atomic E-state index is 0.360. The first kappa shape index (κ1) is 14.6. The van der Waals surface area contributed by atoms with Crippen LogP contribution in [0.2, 0.25) is 0 Å². The van der Waals surface area contributed by atoms with Crippen molar-refractivity contribution in [2.45, 2.75) is 19.4 Å². The average molecular weight is 280 g/mol. The maximum atomic E-state index is 12.6. The minimum Gasteiger partial charge on any atom is -0.325 e. The lowest BCUT2D eigenvalue weighted by atomic mass is 9.88.